The van der Waals surface area contributed by atoms with Crippen LogP contribution < -0.4 is 0 Å². The summed E-state index contributed by atoms with van der Waals surface area (Å²) in [6.07, 6.45) is -0.00694. The summed E-state index contributed by atoms with van der Waals surface area (Å²) in [7, 11) is 0. The van der Waals surface area contributed by atoms with Gasteiger partial charge in [-0.2, -0.15) is 0 Å². The van der Waals surface area contributed by atoms with E-state index in [1.165, 1.54) is 6.92 Å². The van der Waals surface area contributed by atoms with E-state index >= 15 is 0 Å². The molecular formula is C5H9BrO2. The van der Waals surface area contributed by atoms with Crippen molar-refractivity contribution in [3.63, 3.8) is 0 Å². The monoisotopic (exact) mass is 180 g/mol. The molecule has 0 heterocycles. The van der Waals surface area contributed by atoms with Gasteiger partial charge in [0.1, 0.15) is 6.10 Å². The summed E-state index contributed by atoms with van der Waals surface area (Å²) in [6, 6.07) is 0. The van der Waals surface area contributed by atoms with Gasteiger partial charge in [0.2, 0.25) is 0 Å². The third-order valence-electron chi connectivity index (χ3n) is 0.584. The maximum Gasteiger partial charge on any atom is 0.302 e. The van der Waals surface area contributed by atoms with Crippen molar-refractivity contribution in [2.45, 2.75) is 20.0 Å². The van der Waals surface area contributed by atoms with Gasteiger partial charge in [-0.1, -0.05) is 15.9 Å². The Hall–Kier alpha value is -0.0500. The highest BCUT2D eigenvalue weighted by molar-refractivity contribution is 9.09. The number of alkyl halides is 1. The summed E-state index contributed by atoms with van der Waals surface area (Å²) in [5.74, 6) is -0.225. The Bertz CT molecular complexity index is 82.5. The number of halogens is 1. The van der Waals surface area contributed by atoms with Gasteiger partial charge in [0.15, 0.2) is 0 Å². The van der Waals surface area contributed by atoms with E-state index in [9.17, 15) is 4.79 Å². The highest BCUT2D eigenvalue weighted by Crippen LogP contribution is 1.94. The molecule has 0 N–H and O–H groups in total. The molecule has 0 aliphatic carbocycles. The molecule has 48 valence electrons. The van der Waals surface area contributed by atoms with Crippen LogP contribution >= 0.6 is 15.9 Å². The van der Waals surface area contributed by atoms with Crippen molar-refractivity contribution in [2.24, 2.45) is 0 Å². The molecule has 0 saturated carbocycles. The minimum Gasteiger partial charge on any atom is -0.462 e. The van der Waals surface area contributed by atoms with E-state index in [2.05, 4.69) is 15.9 Å². The van der Waals surface area contributed by atoms with Gasteiger partial charge in [-0.15, -0.1) is 0 Å². The first-order chi connectivity index (χ1) is 3.66. The quantitative estimate of drug-likeness (QED) is 0.474. The lowest BCUT2D eigenvalue weighted by Crippen LogP contribution is -2.12. The van der Waals surface area contributed by atoms with E-state index in [-0.39, 0.29) is 12.1 Å². The zero-order chi connectivity index (χ0) is 6.57. The zero-order valence-corrected chi connectivity index (χ0v) is 6.56. The first-order valence-corrected chi connectivity index (χ1v) is 3.52. The van der Waals surface area contributed by atoms with E-state index in [1.54, 1.807) is 0 Å². The maximum atomic E-state index is 10.2. The molecule has 0 aromatic carbocycles. The number of hydrogen-bond donors (Lipinski definition) is 0. The Morgan fingerprint density at radius 1 is 1.88 bits per heavy atom. The summed E-state index contributed by atoms with van der Waals surface area (Å²) in [5, 5.41) is 0.701. The third kappa shape index (κ3) is 4.12. The second-order valence-electron chi connectivity index (χ2n) is 1.57. The fourth-order valence-electron chi connectivity index (χ4n) is 0.315. The number of esters is 1. The Labute approximate surface area is 57.3 Å². The average Bonchev–Trinajstić information content (AvgIpc) is 1.65. The molecule has 8 heavy (non-hydrogen) atoms. The molecule has 3 heteroatoms. The average molecular weight is 181 g/mol. The molecule has 1 atom stereocenters. The van der Waals surface area contributed by atoms with Crippen molar-refractivity contribution in [2.75, 3.05) is 5.33 Å². The van der Waals surface area contributed by atoms with E-state index < -0.39 is 0 Å². The summed E-state index contributed by atoms with van der Waals surface area (Å²) in [5.41, 5.74) is 0. The van der Waals surface area contributed by atoms with Crippen LogP contribution in [0.4, 0.5) is 0 Å². The molecule has 0 fully saturated rings. The van der Waals surface area contributed by atoms with Crippen molar-refractivity contribution in [1.29, 1.82) is 0 Å². The van der Waals surface area contributed by atoms with Crippen LogP contribution in [0.3, 0.4) is 0 Å². The fourth-order valence-corrected chi connectivity index (χ4v) is 0.447. The first-order valence-electron chi connectivity index (χ1n) is 2.40. The van der Waals surface area contributed by atoms with Gasteiger partial charge in [-0.05, 0) is 6.92 Å². The van der Waals surface area contributed by atoms with Gasteiger partial charge >= 0.3 is 5.97 Å². The SMILES string of the molecule is CC(=O)OC(C)CBr. The van der Waals surface area contributed by atoms with Crippen LogP contribution in [0, 0.1) is 0 Å². The lowest BCUT2D eigenvalue weighted by atomic mass is 10.5. The van der Waals surface area contributed by atoms with Crippen LogP contribution in [0.2, 0.25) is 0 Å². The number of carbonyl (C=O) groups excluding carboxylic acids is 1. The highest BCUT2D eigenvalue weighted by atomic mass is 79.9. The van der Waals surface area contributed by atoms with E-state index in [0.29, 0.717) is 5.33 Å². The van der Waals surface area contributed by atoms with Gasteiger partial charge < -0.3 is 4.74 Å². The molecule has 0 amide bonds. The summed E-state index contributed by atoms with van der Waals surface area (Å²) >= 11 is 3.17. The number of carbonyl (C=O) groups is 1. The Morgan fingerprint density at radius 3 is 2.50 bits per heavy atom. The predicted octanol–water partition coefficient (Wildman–Crippen LogP) is 1.33. The van der Waals surface area contributed by atoms with Crippen molar-refractivity contribution < 1.29 is 9.53 Å². The highest BCUT2D eigenvalue weighted by Gasteiger charge is 2.00. The lowest BCUT2D eigenvalue weighted by Gasteiger charge is -2.05. The lowest BCUT2D eigenvalue weighted by molar-refractivity contribution is -0.144. The molecular weight excluding hydrogens is 172 g/mol. The molecule has 0 aromatic rings. The predicted molar refractivity (Wildman–Crippen MR) is 35.0 cm³/mol. The Morgan fingerprint density at radius 2 is 2.38 bits per heavy atom. The Kier molecular flexibility index (Phi) is 3.87. The van der Waals surface area contributed by atoms with Crippen LogP contribution in [0.25, 0.3) is 0 Å². The molecule has 0 bridgehead atoms. The van der Waals surface area contributed by atoms with Gasteiger partial charge in [0.05, 0.1) is 0 Å². The van der Waals surface area contributed by atoms with E-state index in [0.717, 1.165) is 0 Å². The van der Waals surface area contributed by atoms with E-state index in [1.807, 2.05) is 6.92 Å². The van der Waals surface area contributed by atoms with Gasteiger partial charge in [-0.3, -0.25) is 4.79 Å². The van der Waals surface area contributed by atoms with Crippen LogP contribution in [0.15, 0.2) is 0 Å². The van der Waals surface area contributed by atoms with Crippen molar-refractivity contribution >= 4 is 21.9 Å². The molecule has 2 nitrogen and oxygen atoms in total. The number of ether oxygens (including phenoxy) is 1. The zero-order valence-electron chi connectivity index (χ0n) is 4.98. The van der Waals surface area contributed by atoms with Crippen molar-refractivity contribution in [3.05, 3.63) is 0 Å². The van der Waals surface area contributed by atoms with Crippen molar-refractivity contribution in [3.8, 4) is 0 Å². The topological polar surface area (TPSA) is 26.3 Å². The molecule has 0 spiro atoms. The molecule has 0 radical (unpaired) electrons. The van der Waals surface area contributed by atoms with Crippen LogP contribution in [-0.2, 0) is 9.53 Å². The summed E-state index contributed by atoms with van der Waals surface area (Å²) in [6.45, 7) is 3.23. The molecule has 0 saturated heterocycles. The van der Waals surface area contributed by atoms with Gasteiger partial charge in [-0.25, -0.2) is 0 Å². The minimum atomic E-state index is -0.225. The maximum absolute atomic E-state index is 10.2. The largest absolute Gasteiger partial charge is 0.462 e. The van der Waals surface area contributed by atoms with Gasteiger partial charge in [0, 0.05) is 12.3 Å². The summed E-state index contributed by atoms with van der Waals surface area (Å²) < 4.78 is 4.71. The fraction of sp³-hybridized carbons (Fsp3) is 0.800. The van der Waals surface area contributed by atoms with Crippen molar-refractivity contribution in [1.82, 2.24) is 0 Å². The van der Waals surface area contributed by atoms with E-state index in [4.69, 9.17) is 4.74 Å². The molecule has 0 rings (SSSR count). The molecule has 0 aromatic heterocycles. The molecule has 0 aliphatic rings. The normalized spacial score (nSPS) is 12.9. The molecule has 0 aliphatic heterocycles. The van der Waals surface area contributed by atoms with Crippen LogP contribution in [0.1, 0.15) is 13.8 Å². The van der Waals surface area contributed by atoms with Crippen LogP contribution in [0.5, 0.6) is 0 Å². The minimum absolute atomic E-state index is 0.00694. The first kappa shape index (κ1) is 7.95. The number of rotatable bonds is 2. The smallest absolute Gasteiger partial charge is 0.302 e. The Balaban J connectivity index is 3.24. The van der Waals surface area contributed by atoms with Crippen LogP contribution in [-0.4, -0.2) is 17.4 Å². The third-order valence-corrected chi connectivity index (χ3v) is 1.50. The number of hydrogen-bond acceptors (Lipinski definition) is 2. The standard InChI is InChI=1S/C5H9BrO2/c1-4(3-6)8-5(2)7/h4H,3H2,1-2H3. The van der Waals surface area contributed by atoms with Gasteiger partial charge in [0.25, 0.3) is 0 Å². The second-order valence-corrected chi connectivity index (χ2v) is 2.22. The summed E-state index contributed by atoms with van der Waals surface area (Å²) in [4.78, 5) is 10.2. The molecule has 1 unspecified atom stereocenters. The second kappa shape index (κ2) is 3.89.